The van der Waals surface area contributed by atoms with Gasteiger partial charge >= 0.3 is 0 Å². The van der Waals surface area contributed by atoms with E-state index in [2.05, 4.69) is 26.8 Å². The Balaban J connectivity index is 2.58. The van der Waals surface area contributed by atoms with Gasteiger partial charge in [-0.2, -0.15) is 0 Å². The number of aryl methyl sites for hydroxylation is 2. The maximum absolute atomic E-state index is 6.70. The van der Waals surface area contributed by atoms with Crippen LogP contribution < -0.4 is 10.5 Å². The summed E-state index contributed by atoms with van der Waals surface area (Å²) in [7, 11) is 1.76. The number of nitrogens with two attached hydrogens (primary N) is 1. The summed E-state index contributed by atoms with van der Waals surface area (Å²) in [6, 6.07) is 2.25. The largest absolute Gasteiger partial charge is 0.496 e. The molecule has 0 heterocycles. The summed E-state index contributed by atoms with van der Waals surface area (Å²) < 4.78 is 5.68. The maximum atomic E-state index is 6.70. The van der Waals surface area contributed by atoms with Crippen molar-refractivity contribution in [3.05, 3.63) is 28.3 Å². The minimum Gasteiger partial charge on any atom is -0.496 e. The van der Waals surface area contributed by atoms with Crippen LogP contribution in [0.25, 0.3) is 0 Å². The summed E-state index contributed by atoms with van der Waals surface area (Å²) in [5.74, 6) is 1.01. The van der Waals surface area contributed by atoms with Crippen molar-refractivity contribution in [1.29, 1.82) is 0 Å². The van der Waals surface area contributed by atoms with Gasteiger partial charge in [0.2, 0.25) is 0 Å². The molecule has 1 aromatic rings. The molecule has 0 bridgehead atoms. The lowest BCUT2D eigenvalue weighted by Gasteiger charge is -2.37. The lowest BCUT2D eigenvalue weighted by Crippen LogP contribution is -2.39. The first-order valence-corrected chi connectivity index (χ1v) is 6.94. The van der Waals surface area contributed by atoms with Crippen LogP contribution in [0.3, 0.4) is 0 Å². The zero-order valence-electron chi connectivity index (χ0n) is 12.1. The summed E-state index contributed by atoms with van der Waals surface area (Å²) in [5, 5.41) is 0. The molecule has 2 heteroatoms. The van der Waals surface area contributed by atoms with Gasteiger partial charge in [-0.1, -0.05) is 25.3 Å². The van der Waals surface area contributed by atoms with Gasteiger partial charge in [0.05, 0.1) is 7.11 Å². The second-order valence-corrected chi connectivity index (χ2v) is 5.76. The average molecular weight is 247 g/mol. The first kappa shape index (κ1) is 13.4. The predicted octanol–water partition coefficient (Wildman–Crippen LogP) is 3.74. The van der Waals surface area contributed by atoms with Gasteiger partial charge < -0.3 is 10.5 Å². The molecule has 0 atom stereocenters. The summed E-state index contributed by atoms with van der Waals surface area (Å²) in [4.78, 5) is 0. The van der Waals surface area contributed by atoms with Crippen LogP contribution in [-0.4, -0.2) is 7.11 Å². The van der Waals surface area contributed by atoms with Crippen LogP contribution in [0, 0.1) is 20.8 Å². The third kappa shape index (κ3) is 2.14. The lowest BCUT2D eigenvalue weighted by molar-refractivity contribution is 0.287. The molecule has 100 valence electrons. The zero-order valence-corrected chi connectivity index (χ0v) is 12.1. The standard InChI is InChI=1S/C16H25NO/c1-11-10-12(2)14(15(18-4)13(11)3)16(17)8-6-5-7-9-16/h10H,5-9,17H2,1-4H3. The maximum Gasteiger partial charge on any atom is 0.127 e. The molecule has 0 aromatic heterocycles. The van der Waals surface area contributed by atoms with E-state index in [-0.39, 0.29) is 5.54 Å². The van der Waals surface area contributed by atoms with Gasteiger partial charge in [-0.3, -0.25) is 0 Å². The average Bonchev–Trinajstić information content (AvgIpc) is 2.34. The van der Waals surface area contributed by atoms with Gasteiger partial charge in [0.15, 0.2) is 0 Å². The molecule has 2 N–H and O–H groups in total. The Morgan fingerprint density at radius 2 is 1.67 bits per heavy atom. The van der Waals surface area contributed by atoms with Gasteiger partial charge in [-0.05, 0) is 50.3 Å². The molecule has 1 aliphatic rings. The number of hydrogen-bond acceptors (Lipinski definition) is 2. The van der Waals surface area contributed by atoms with E-state index < -0.39 is 0 Å². The minimum absolute atomic E-state index is 0.188. The Bertz CT molecular complexity index is 445. The highest BCUT2D eigenvalue weighted by molar-refractivity contribution is 5.53. The van der Waals surface area contributed by atoms with Crippen LogP contribution >= 0.6 is 0 Å². The number of methoxy groups -OCH3 is 1. The second kappa shape index (κ2) is 4.93. The van der Waals surface area contributed by atoms with Crippen molar-refractivity contribution in [3.8, 4) is 5.75 Å². The predicted molar refractivity (Wildman–Crippen MR) is 76.2 cm³/mol. The van der Waals surface area contributed by atoms with E-state index in [1.54, 1.807) is 7.11 Å². The van der Waals surface area contributed by atoms with Crippen LogP contribution in [0.5, 0.6) is 5.75 Å². The van der Waals surface area contributed by atoms with Gasteiger partial charge in [0.25, 0.3) is 0 Å². The number of ether oxygens (including phenoxy) is 1. The molecule has 1 aliphatic carbocycles. The molecule has 18 heavy (non-hydrogen) atoms. The number of benzene rings is 1. The first-order chi connectivity index (χ1) is 8.49. The molecular formula is C16H25NO. The first-order valence-electron chi connectivity index (χ1n) is 6.94. The van der Waals surface area contributed by atoms with E-state index in [0.717, 1.165) is 18.6 Å². The Kier molecular flexibility index (Phi) is 3.67. The molecule has 0 unspecified atom stereocenters. The molecule has 1 aromatic carbocycles. The van der Waals surface area contributed by atoms with Crippen LogP contribution in [0.1, 0.15) is 54.4 Å². The normalized spacial score (nSPS) is 18.7. The van der Waals surface area contributed by atoms with Crippen molar-refractivity contribution < 1.29 is 4.74 Å². The van der Waals surface area contributed by atoms with Gasteiger partial charge in [-0.25, -0.2) is 0 Å². The molecule has 0 radical (unpaired) electrons. The summed E-state index contributed by atoms with van der Waals surface area (Å²) in [6.07, 6.45) is 5.92. The quantitative estimate of drug-likeness (QED) is 0.864. The van der Waals surface area contributed by atoms with E-state index in [9.17, 15) is 0 Å². The van der Waals surface area contributed by atoms with E-state index >= 15 is 0 Å². The second-order valence-electron chi connectivity index (χ2n) is 5.76. The zero-order chi connectivity index (χ0) is 13.3. The monoisotopic (exact) mass is 247 g/mol. The van der Waals surface area contributed by atoms with Gasteiger partial charge in [0, 0.05) is 11.1 Å². The molecule has 0 spiro atoms. The minimum atomic E-state index is -0.188. The third-order valence-electron chi connectivity index (χ3n) is 4.43. The van der Waals surface area contributed by atoms with E-state index in [1.165, 1.54) is 41.5 Å². The molecule has 0 amide bonds. The molecule has 0 saturated heterocycles. The van der Waals surface area contributed by atoms with Crippen molar-refractivity contribution >= 4 is 0 Å². The smallest absolute Gasteiger partial charge is 0.127 e. The molecule has 1 saturated carbocycles. The topological polar surface area (TPSA) is 35.2 Å². The van der Waals surface area contributed by atoms with Crippen LogP contribution in [0.4, 0.5) is 0 Å². The van der Waals surface area contributed by atoms with Crippen molar-refractivity contribution in [2.24, 2.45) is 5.73 Å². The fourth-order valence-corrected chi connectivity index (χ4v) is 3.36. The van der Waals surface area contributed by atoms with Gasteiger partial charge in [-0.15, -0.1) is 0 Å². The summed E-state index contributed by atoms with van der Waals surface area (Å²) in [6.45, 7) is 6.43. The highest BCUT2D eigenvalue weighted by atomic mass is 16.5. The molecular weight excluding hydrogens is 222 g/mol. The molecule has 0 aliphatic heterocycles. The van der Waals surface area contributed by atoms with Crippen molar-refractivity contribution in [2.75, 3.05) is 7.11 Å². The van der Waals surface area contributed by atoms with Crippen molar-refractivity contribution in [3.63, 3.8) is 0 Å². The highest BCUT2D eigenvalue weighted by Crippen LogP contribution is 2.43. The molecule has 2 rings (SSSR count). The SMILES string of the molecule is COc1c(C)c(C)cc(C)c1C1(N)CCCCC1. The van der Waals surface area contributed by atoms with Crippen LogP contribution in [0.2, 0.25) is 0 Å². The van der Waals surface area contributed by atoms with Crippen molar-refractivity contribution in [1.82, 2.24) is 0 Å². The van der Waals surface area contributed by atoms with Crippen molar-refractivity contribution in [2.45, 2.75) is 58.4 Å². The fraction of sp³-hybridized carbons (Fsp3) is 0.625. The van der Waals surface area contributed by atoms with E-state index in [0.29, 0.717) is 0 Å². The Morgan fingerprint density at radius 3 is 2.22 bits per heavy atom. The molecule has 1 fully saturated rings. The summed E-state index contributed by atoms with van der Waals surface area (Å²) >= 11 is 0. The van der Waals surface area contributed by atoms with Crippen LogP contribution in [0.15, 0.2) is 6.07 Å². The Morgan fingerprint density at radius 1 is 1.06 bits per heavy atom. The highest BCUT2D eigenvalue weighted by Gasteiger charge is 2.34. The van der Waals surface area contributed by atoms with Crippen LogP contribution in [-0.2, 0) is 5.54 Å². The van der Waals surface area contributed by atoms with E-state index in [4.69, 9.17) is 10.5 Å². The molecule has 2 nitrogen and oxygen atoms in total. The Labute approximate surface area is 111 Å². The fourth-order valence-electron chi connectivity index (χ4n) is 3.36. The van der Waals surface area contributed by atoms with Gasteiger partial charge in [0.1, 0.15) is 5.75 Å². The number of hydrogen-bond donors (Lipinski definition) is 1. The summed E-state index contributed by atoms with van der Waals surface area (Å²) in [5.41, 5.74) is 11.5. The Hall–Kier alpha value is -1.02. The lowest BCUT2D eigenvalue weighted by atomic mass is 9.74. The van der Waals surface area contributed by atoms with E-state index in [1.807, 2.05) is 0 Å². The number of rotatable bonds is 2. The third-order valence-corrected chi connectivity index (χ3v) is 4.43.